The van der Waals surface area contributed by atoms with E-state index in [0.717, 1.165) is 32.6 Å². The second-order valence-corrected chi connectivity index (χ2v) is 6.66. The van der Waals surface area contributed by atoms with Crippen LogP contribution in [0.4, 0.5) is 0 Å². The van der Waals surface area contributed by atoms with E-state index >= 15 is 0 Å². The van der Waals surface area contributed by atoms with Crippen LogP contribution in [0.25, 0.3) is 0 Å². The van der Waals surface area contributed by atoms with Crippen LogP contribution < -0.4 is 0 Å². The minimum atomic E-state index is 0.813. The number of likely N-dealkylation sites (tertiary alicyclic amines) is 1. The van der Waals surface area contributed by atoms with Crippen LogP contribution in [0.1, 0.15) is 24.4 Å². The minimum Gasteiger partial charge on any atom is -0.329 e. The molecule has 0 spiro atoms. The molecule has 0 amide bonds. The molecule has 0 aliphatic carbocycles. The summed E-state index contributed by atoms with van der Waals surface area (Å²) in [5.41, 5.74) is 1.27. The van der Waals surface area contributed by atoms with E-state index in [-0.39, 0.29) is 0 Å². The van der Waals surface area contributed by atoms with E-state index in [1.54, 1.807) is 0 Å². The van der Waals surface area contributed by atoms with Gasteiger partial charge in [-0.05, 0) is 32.0 Å². The predicted molar refractivity (Wildman–Crippen MR) is 89.4 cm³/mol. The van der Waals surface area contributed by atoms with Crippen molar-refractivity contribution >= 4 is 0 Å². The first-order valence-electron chi connectivity index (χ1n) is 8.84. The number of nitrogens with zero attached hydrogens (tertiary/aromatic N) is 6. The van der Waals surface area contributed by atoms with E-state index in [9.17, 15) is 0 Å². The molecular formula is C17H26N6. The number of rotatable bonds is 5. The van der Waals surface area contributed by atoms with E-state index in [1.165, 1.54) is 50.5 Å². The molecule has 1 fully saturated rings. The number of hydrogen-bond donors (Lipinski definition) is 0. The Kier molecular flexibility index (Phi) is 4.43. The number of imidazole rings is 1. The first-order chi connectivity index (χ1) is 11.4. The molecule has 2 aliphatic rings. The van der Waals surface area contributed by atoms with Crippen molar-refractivity contribution in [1.29, 1.82) is 0 Å². The molecule has 2 aromatic rings. The maximum absolute atomic E-state index is 4.65. The maximum Gasteiger partial charge on any atom is 0.110 e. The third-order valence-electron chi connectivity index (χ3n) is 5.13. The topological polar surface area (TPSA) is 42.1 Å². The van der Waals surface area contributed by atoms with Crippen LogP contribution in [0.5, 0.6) is 0 Å². The Morgan fingerprint density at radius 3 is 2.57 bits per heavy atom. The van der Waals surface area contributed by atoms with Gasteiger partial charge in [-0.25, -0.2) is 4.98 Å². The summed E-state index contributed by atoms with van der Waals surface area (Å²) in [5.74, 6) is 1.23. The van der Waals surface area contributed by atoms with Crippen molar-refractivity contribution in [3.8, 4) is 0 Å². The summed E-state index contributed by atoms with van der Waals surface area (Å²) >= 11 is 0. The lowest BCUT2D eigenvalue weighted by Crippen LogP contribution is -2.35. The Bertz CT molecular complexity index is 611. The molecule has 2 aliphatic heterocycles. The van der Waals surface area contributed by atoms with E-state index in [0.29, 0.717) is 0 Å². The molecule has 0 saturated carbocycles. The average molecular weight is 314 g/mol. The lowest BCUT2D eigenvalue weighted by Gasteiger charge is -2.23. The van der Waals surface area contributed by atoms with Crippen molar-refractivity contribution in [2.24, 2.45) is 0 Å². The Hall–Kier alpha value is -1.66. The van der Waals surface area contributed by atoms with Crippen molar-refractivity contribution in [2.45, 2.75) is 32.4 Å². The summed E-state index contributed by atoms with van der Waals surface area (Å²) in [6.45, 7) is 9.13. The Labute approximate surface area is 137 Å². The van der Waals surface area contributed by atoms with Gasteiger partial charge in [0.05, 0.1) is 18.4 Å². The van der Waals surface area contributed by atoms with Crippen LogP contribution in [-0.4, -0.2) is 68.4 Å². The van der Waals surface area contributed by atoms with Crippen LogP contribution in [0, 0.1) is 0 Å². The SMILES string of the molecule is c1cnn(Cc2cnc3n2CCN(CCN2CCCC2)CC3)c1. The predicted octanol–water partition coefficient (Wildman–Crippen LogP) is 1.08. The smallest absolute Gasteiger partial charge is 0.110 e. The standard InChI is InChI=1S/C17H26N6/c1-2-7-20(6-1)10-11-21-9-4-17-18-14-16(23(17)13-12-21)15-22-8-3-5-19-22/h3,5,8,14H,1-2,4,6-7,9-13,15H2. The molecule has 6 heteroatoms. The summed E-state index contributed by atoms with van der Waals surface area (Å²) in [7, 11) is 0. The molecule has 1 saturated heterocycles. The Morgan fingerprint density at radius 2 is 1.78 bits per heavy atom. The number of fused-ring (bicyclic) bond motifs is 1. The van der Waals surface area contributed by atoms with Gasteiger partial charge in [-0.1, -0.05) is 0 Å². The zero-order valence-corrected chi connectivity index (χ0v) is 13.8. The fourth-order valence-corrected chi connectivity index (χ4v) is 3.74. The van der Waals surface area contributed by atoms with Gasteiger partial charge in [0.2, 0.25) is 0 Å². The van der Waals surface area contributed by atoms with E-state index < -0.39 is 0 Å². The second-order valence-electron chi connectivity index (χ2n) is 6.66. The highest BCUT2D eigenvalue weighted by molar-refractivity contribution is 5.08. The van der Waals surface area contributed by atoms with Gasteiger partial charge in [-0.3, -0.25) is 9.58 Å². The first kappa shape index (κ1) is 14.9. The van der Waals surface area contributed by atoms with Crippen LogP contribution in [0.15, 0.2) is 24.7 Å². The van der Waals surface area contributed by atoms with Crippen LogP contribution in [0.3, 0.4) is 0 Å². The third kappa shape index (κ3) is 3.48. The summed E-state index contributed by atoms with van der Waals surface area (Å²) in [5, 5.41) is 4.31. The molecule has 0 bridgehead atoms. The summed E-state index contributed by atoms with van der Waals surface area (Å²) < 4.78 is 4.37. The zero-order valence-electron chi connectivity index (χ0n) is 13.8. The summed E-state index contributed by atoms with van der Waals surface area (Å²) in [4.78, 5) is 9.86. The van der Waals surface area contributed by atoms with Gasteiger partial charge in [-0.15, -0.1) is 0 Å². The third-order valence-corrected chi connectivity index (χ3v) is 5.13. The fourth-order valence-electron chi connectivity index (χ4n) is 3.74. The van der Waals surface area contributed by atoms with E-state index in [2.05, 4.69) is 24.4 Å². The van der Waals surface area contributed by atoms with Gasteiger partial charge >= 0.3 is 0 Å². The Balaban J connectivity index is 1.35. The first-order valence-corrected chi connectivity index (χ1v) is 8.84. The van der Waals surface area contributed by atoms with E-state index in [4.69, 9.17) is 0 Å². The van der Waals surface area contributed by atoms with E-state index in [1.807, 2.05) is 29.3 Å². The van der Waals surface area contributed by atoms with Gasteiger partial charge in [0.25, 0.3) is 0 Å². The summed E-state index contributed by atoms with van der Waals surface area (Å²) in [6.07, 6.45) is 9.69. The van der Waals surface area contributed by atoms with Crippen LogP contribution in [0.2, 0.25) is 0 Å². The number of aromatic nitrogens is 4. The second kappa shape index (κ2) is 6.84. The highest BCUT2D eigenvalue weighted by Crippen LogP contribution is 2.13. The van der Waals surface area contributed by atoms with Crippen LogP contribution in [-0.2, 0) is 19.5 Å². The van der Waals surface area contributed by atoms with Gasteiger partial charge in [0, 0.05) is 51.5 Å². The van der Waals surface area contributed by atoms with Crippen molar-refractivity contribution in [3.63, 3.8) is 0 Å². The molecule has 4 heterocycles. The normalized spacial score (nSPS) is 19.8. The lowest BCUT2D eigenvalue weighted by molar-refractivity contribution is 0.228. The number of hydrogen-bond acceptors (Lipinski definition) is 4. The Morgan fingerprint density at radius 1 is 0.957 bits per heavy atom. The molecular weight excluding hydrogens is 288 g/mol. The largest absolute Gasteiger partial charge is 0.329 e. The van der Waals surface area contributed by atoms with Gasteiger partial charge < -0.3 is 9.47 Å². The summed E-state index contributed by atoms with van der Waals surface area (Å²) in [6, 6.07) is 1.97. The highest BCUT2D eigenvalue weighted by Gasteiger charge is 2.19. The monoisotopic (exact) mass is 314 g/mol. The molecule has 0 N–H and O–H groups in total. The van der Waals surface area contributed by atoms with Gasteiger partial charge in [-0.2, -0.15) is 5.10 Å². The molecule has 6 nitrogen and oxygen atoms in total. The van der Waals surface area contributed by atoms with Gasteiger partial charge in [0.1, 0.15) is 5.82 Å². The zero-order chi connectivity index (χ0) is 15.5. The molecule has 0 unspecified atom stereocenters. The molecule has 2 aromatic heterocycles. The van der Waals surface area contributed by atoms with Crippen molar-refractivity contribution in [1.82, 2.24) is 29.1 Å². The maximum atomic E-state index is 4.65. The highest BCUT2D eigenvalue weighted by atomic mass is 15.3. The van der Waals surface area contributed by atoms with Crippen LogP contribution >= 0.6 is 0 Å². The fraction of sp³-hybridized carbons (Fsp3) is 0.647. The molecule has 0 aromatic carbocycles. The van der Waals surface area contributed by atoms with Gasteiger partial charge in [0.15, 0.2) is 0 Å². The molecule has 124 valence electrons. The molecule has 0 radical (unpaired) electrons. The van der Waals surface area contributed by atoms with Crippen molar-refractivity contribution in [3.05, 3.63) is 36.2 Å². The molecule has 0 atom stereocenters. The van der Waals surface area contributed by atoms with Crippen molar-refractivity contribution in [2.75, 3.05) is 39.3 Å². The quantitative estimate of drug-likeness (QED) is 0.828. The minimum absolute atomic E-state index is 0.813. The van der Waals surface area contributed by atoms with Crippen molar-refractivity contribution < 1.29 is 0 Å². The average Bonchev–Trinajstić information content (AvgIpc) is 3.29. The molecule has 23 heavy (non-hydrogen) atoms. The molecule has 4 rings (SSSR count). The lowest BCUT2D eigenvalue weighted by atomic mass is 10.3.